The summed E-state index contributed by atoms with van der Waals surface area (Å²) in [7, 11) is 1.33. The molecule has 0 atom stereocenters. The van der Waals surface area contributed by atoms with E-state index in [1.807, 2.05) is 35.2 Å². The van der Waals surface area contributed by atoms with Crippen LogP contribution in [0.4, 0.5) is 5.69 Å². The number of hydrogen-bond acceptors (Lipinski definition) is 4. The van der Waals surface area contributed by atoms with E-state index >= 15 is 0 Å². The maximum atomic E-state index is 12.0. The van der Waals surface area contributed by atoms with E-state index in [1.54, 1.807) is 0 Å². The van der Waals surface area contributed by atoms with Crippen LogP contribution in [-0.4, -0.2) is 42.9 Å². The molecule has 1 aromatic carbocycles. The first-order chi connectivity index (χ1) is 12.1. The SMILES string of the molecule is COC(=O)CCC(=O)N1CCC(CCC(=O)Nc2ccccc2)CC1. The van der Waals surface area contributed by atoms with E-state index < -0.39 is 0 Å². The van der Waals surface area contributed by atoms with Gasteiger partial charge in [-0.05, 0) is 37.3 Å². The van der Waals surface area contributed by atoms with Gasteiger partial charge in [-0.3, -0.25) is 14.4 Å². The van der Waals surface area contributed by atoms with Crippen molar-refractivity contribution in [2.75, 3.05) is 25.5 Å². The fraction of sp³-hybridized carbons (Fsp3) is 0.526. The Labute approximate surface area is 148 Å². The number of hydrogen-bond donors (Lipinski definition) is 1. The number of carbonyl (C=O) groups excluding carboxylic acids is 3. The third kappa shape index (κ3) is 6.57. The molecule has 0 bridgehead atoms. The van der Waals surface area contributed by atoms with Crippen molar-refractivity contribution < 1.29 is 19.1 Å². The van der Waals surface area contributed by atoms with Gasteiger partial charge in [0.15, 0.2) is 0 Å². The lowest BCUT2D eigenvalue weighted by atomic mass is 9.92. The van der Waals surface area contributed by atoms with Gasteiger partial charge in [-0.1, -0.05) is 18.2 Å². The molecule has 1 aliphatic rings. The molecule has 0 spiro atoms. The molecule has 1 N–H and O–H groups in total. The number of anilines is 1. The lowest BCUT2D eigenvalue weighted by molar-refractivity contribution is -0.144. The summed E-state index contributed by atoms with van der Waals surface area (Å²) in [6.07, 6.45) is 3.48. The summed E-state index contributed by atoms with van der Waals surface area (Å²) in [5.74, 6) is 0.146. The number of ether oxygens (including phenoxy) is 1. The molecule has 0 radical (unpaired) electrons. The number of likely N-dealkylation sites (tertiary alicyclic amines) is 1. The zero-order valence-electron chi connectivity index (χ0n) is 14.7. The van der Waals surface area contributed by atoms with Crippen LogP contribution in [0, 0.1) is 5.92 Å². The highest BCUT2D eigenvalue weighted by molar-refractivity contribution is 5.90. The lowest BCUT2D eigenvalue weighted by Crippen LogP contribution is -2.38. The molecule has 6 heteroatoms. The lowest BCUT2D eigenvalue weighted by Gasteiger charge is -2.32. The van der Waals surface area contributed by atoms with Crippen LogP contribution in [0.25, 0.3) is 0 Å². The number of piperidine rings is 1. The molecule has 0 aromatic heterocycles. The van der Waals surface area contributed by atoms with Crippen LogP contribution in [0.1, 0.15) is 38.5 Å². The second-order valence-electron chi connectivity index (χ2n) is 6.35. The molecule has 1 aromatic rings. The first kappa shape index (κ1) is 19.0. The average Bonchev–Trinajstić information content (AvgIpc) is 2.65. The summed E-state index contributed by atoms with van der Waals surface area (Å²) in [5.41, 5.74) is 0.818. The predicted octanol–water partition coefficient (Wildman–Crippen LogP) is 2.60. The summed E-state index contributed by atoms with van der Waals surface area (Å²) in [4.78, 5) is 36.9. The Morgan fingerprint density at radius 2 is 1.76 bits per heavy atom. The molecule has 1 aliphatic heterocycles. The molecule has 0 unspecified atom stereocenters. The minimum absolute atomic E-state index is 0.00525. The summed E-state index contributed by atoms with van der Waals surface area (Å²) in [6, 6.07) is 9.44. The van der Waals surface area contributed by atoms with Gasteiger partial charge in [0.2, 0.25) is 11.8 Å². The Morgan fingerprint density at radius 3 is 2.40 bits per heavy atom. The topological polar surface area (TPSA) is 75.7 Å². The van der Waals surface area contributed by atoms with Gasteiger partial charge < -0.3 is 15.0 Å². The Hall–Kier alpha value is -2.37. The van der Waals surface area contributed by atoms with E-state index in [1.165, 1.54) is 7.11 Å². The number of esters is 1. The van der Waals surface area contributed by atoms with Crippen molar-refractivity contribution >= 4 is 23.5 Å². The number of rotatable bonds is 7. The van der Waals surface area contributed by atoms with Gasteiger partial charge in [0.25, 0.3) is 0 Å². The standard InChI is InChI=1S/C19H26N2O4/c1-25-19(24)10-9-18(23)21-13-11-15(12-14-21)7-8-17(22)20-16-5-3-2-4-6-16/h2-6,15H,7-14H2,1H3,(H,20,22). The zero-order valence-corrected chi connectivity index (χ0v) is 14.7. The van der Waals surface area contributed by atoms with E-state index in [0.29, 0.717) is 25.4 Å². The van der Waals surface area contributed by atoms with Crippen molar-refractivity contribution in [3.8, 4) is 0 Å². The smallest absolute Gasteiger partial charge is 0.306 e. The predicted molar refractivity (Wildman–Crippen MR) is 94.9 cm³/mol. The van der Waals surface area contributed by atoms with Gasteiger partial charge in [-0.2, -0.15) is 0 Å². The summed E-state index contributed by atoms with van der Waals surface area (Å²) >= 11 is 0. The fourth-order valence-corrected chi connectivity index (χ4v) is 3.02. The van der Waals surface area contributed by atoms with Gasteiger partial charge in [0.05, 0.1) is 13.5 Å². The van der Waals surface area contributed by atoms with Crippen LogP contribution < -0.4 is 5.32 Å². The first-order valence-corrected chi connectivity index (χ1v) is 8.78. The summed E-state index contributed by atoms with van der Waals surface area (Å²) < 4.78 is 4.55. The van der Waals surface area contributed by atoms with Crippen LogP contribution in [0.15, 0.2) is 30.3 Å². The summed E-state index contributed by atoms with van der Waals surface area (Å²) in [5, 5.41) is 2.89. The van der Waals surface area contributed by atoms with Gasteiger partial charge in [0, 0.05) is 31.6 Å². The molecule has 1 saturated heterocycles. The zero-order chi connectivity index (χ0) is 18.1. The molecule has 0 aliphatic carbocycles. The van der Waals surface area contributed by atoms with Crippen molar-refractivity contribution in [1.82, 2.24) is 4.90 Å². The van der Waals surface area contributed by atoms with E-state index in [4.69, 9.17) is 0 Å². The Bertz CT molecular complexity index is 580. The van der Waals surface area contributed by atoms with Gasteiger partial charge in [-0.25, -0.2) is 0 Å². The van der Waals surface area contributed by atoms with Crippen molar-refractivity contribution in [2.45, 2.75) is 38.5 Å². The monoisotopic (exact) mass is 346 g/mol. The molecule has 2 rings (SSSR count). The van der Waals surface area contributed by atoms with Crippen LogP contribution >= 0.6 is 0 Å². The highest BCUT2D eigenvalue weighted by atomic mass is 16.5. The Morgan fingerprint density at radius 1 is 1.08 bits per heavy atom. The molecule has 1 fully saturated rings. The van der Waals surface area contributed by atoms with Crippen molar-refractivity contribution in [2.24, 2.45) is 5.92 Å². The number of nitrogens with one attached hydrogen (secondary N) is 1. The molecule has 25 heavy (non-hydrogen) atoms. The maximum Gasteiger partial charge on any atom is 0.306 e. The maximum absolute atomic E-state index is 12.0. The number of benzene rings is 1. The second-order valence-corrected chi connectivity index (χ2v) is 6.35. The second kappa shape index (κ2) is 9.81. The fourth-order valence-electron chi connectivity index (χ4n) is 3.02. The Kier molecular flexibility index (Phi) is 7.44. The minimum Gasteiger partial charge on any atom is -0.469 e. The largest absolute Gasteiger partial charge is 0.469 e. The normalized spacial score (nSPS) is 14.8. The molecular formula is C19H26N2O4. The molecule has 0 saturated carbocycles. The molecule has 6 nitrogen and oxygen atoms in total. The quantitative estimate of drug-likeness (QED) is 0.770. The third-order valence-electron chi connectivity index (χ3n) is 4.58. The van der Waals surface area contributed by atoms with E-state index in [2.05, 4.69) is 10.1 Å². The molecule has 2 amide bonds. The first-order valence-electron chi connectivity index (χ1n) is 8.78. The molecular weight excluding hydrogens is 320 g/mol. The highest BCUT2D eigenvalue weighted by Gasteiger charge is 2.23. The van der Waals surface area contributed by atoms with Crippen LogP contribution in [0.3, 0.4) is 0 Å². The average molecular weight is 346 g/mol. The van der Waals surface area contributed by atoms with E-state index in [0.717, 1.165) is 24.9 Å². The van der Waals surface area contributed by atoms with Crippen LogP contribution in [-0.2, 0) is 19.1 Å². The van der Waals surface area contributed by atoms with E-state index in [-0.39, 0.29) is 30.6 Å². The third-order valence-corrected chi connectivity index (χ3v) is 4.58. The van der Waals surface area contributed by atoms with Crippen molar-refractivity contribution in [1.29, 1.82) is 0 Å². The van der Waals surface area contributed by atoms with Crippen LogP contribution in [0.2, 0.25) is 0 Å². The highest BCUT2D eigenvalue weighted by Crippen LogP contribution is 2.23. The van der Waals surface area contributed by atoms with Crippen molar-refractivity contribution in [3.05, 3.63) is 30.3 Å². The van der Waals surface area contributed by atoms with Gasteiger partial charge in [0.1, 0.15) is 0 Å². The summed E-state index contributed by atoms with van der Waals surface area (Å²) in [6.45, 7) is 1.40. The van der Waals surface area contributed by atoms with Crippen LogP contribution in [0.5, 0.6) is 0 Å². The number of nitrogens with zero attached hydrogens (tertiary/aromatic N) is 1. The number of amides is 2. The van der Waals surface area contributed by atoms with Gasteiger partial charge >= 0.3 is 5.97 Å². The number of methoxy groups -OCH3 is 1. The van der Waals surface area contributed by atoms with Crippen molar-refractivity contribution in [3.63, 3.8) is 0 Å². The van der Waals surface area contributed by atoms with Gasteiger partial charge in [-0.15, -0.1) is 0 Å². The molecule has 136 valence electrons. The number of carbonyl (C=O) groups is 3. The molecule has 1 heterocycles. The van der Waals surface area contributed by atoms with E-state index in [9.17, 15) is 14.4 Å². The Balaban J connectivity index is 1.64. The minimum atomic E-state index is -0.354. The number of para-hydroxylation sites is 1.